The van der Waals surface area contributed by atoms with Crippen LogP contribution in [0.25, 0.3) is 33.4 Å². The summed E-state index contributed by atoms with van der Waals surface area (Å²) in [5.41, 5.74) is 3.86. The highest BCUT2D eigenvalue weighted by molar-refractivity contribution is 7.88. The number of nitrogens with zero attached hydrogens (tertiary/aromatic N) is 1. The van der Waals surface area contributed by atoms with Crippen LogP contribution in [0.4, 0.5) is 30.2 Å². The van der Waals surface area contributed by atoms with Crippen molar-refractivity contribution in [2.24, 2.45) is 0 Å². The normalized spacial score (nSPS) is 13.0. The summed E-state index contributed by atoms with van der Waals surface area (Å²) in [6.45, 7) is 0. The van der Waals surface area contributed by atoms with Gasteiger partial charge in [-0.05, 0) is 80.9 Å². The molecule has 0 fully saturated rings. The summed E-state index contributed by atoms with van der Waals surface area (Å²) in [6.07, 6.45) is 0. The van der Waals surface area contributed by atoms with E-state index in [4.69, 9.17) is 4.18 Å². The maximum atomic E-state index is 13.9. The first-order valence-electron chi connectivity index (χ1n) is 18.7. The molecule has 0 bridgehead atoms. The first-order valence-corrected chi connectivity index (χ1v) is 20.1. The van der Waals surface area contributed by atoms with Gasteiger partial charge < -0.3 is 9.08 Å². The van der Waals surface area contributed by atoms with Gasteiger partial charge in [0.25, 0.3) is 0 Å². The number of para-hydroxylation sites is 1. The molecule has 1 aliphatic rings. The van der Waals surface area contributed by atoms with E-state index in [1.165, 1.54) is 6.07 Å². The summed E-state index contributed by atoms with van der Waals surface area (Å²) in [6, 6.07) is 66.8. The van der Waals surface area contributed by atoms with E-state index in [-0.39, 0.29) is 5.56 Å². The minimum Gasteiger partial charge on any atom is -0.375 e. The molecule has 9 rings (SSSR count). The molecular formula is C50H34F3NO3S. The minimum atomic E-state index is -6.00. The average molecular weight is 786 g/mol. The molecule has 0 aliphatic heterocycles. The fourth-order valence-corrected chi connectivity index (χ4v) is 8.73. The Hall–Kier alpha value is -6.90. The molecule has 0 unspecified atom stereocenters. The molecule has 0 saturated heterocycles. The van der Waals surface area contributed by atoms with Gasteiger partial charge in [0.05, 0.1) is 11.1 Å². The maximum absolute atomic E-state index is 13.9. The molecule has 0 amide bonds. The topological polar surface area (TPSA) is 46.6 Å². The van der Waals surface area contributed by atoms with Gasteiger partial charge in [-0.1, -0.05) is 170 Å². The molecule has 0 N–H and O–H groups in total. The van der Waals surface area contributed by atoms with E-state index >= 15 is 0 Å². The minimum absolute atomic E-state index is 0.271. The van der Waals surface area contributed by atoms with E-state index in [0.29, 0.717) is 11.1 Å². The van der Waals surface area contributed by atoms with Crippen LogP contribution in [0.1, 0.15) is 22.3 Å². The van der Waals surface area contributed by atoms with E-state index in [9.17, 15) is 21.6 Å². The Balaban J connectivity index is 1.33. The van der Waals surface area contributed by atoms with Crippen molar-refractivity contribution in [1.29, 1.82) is 0 Å². The van der Waals surface area contributed by atoms with Gasteiger partial charge in [-0.25, -0.2) is 0 Å². The molecular weight excluding hydrogens is 752 g/mol. The average Bonchev–Trinajstić information content (AvgIpc) is 3.56. The Morgan fingerprint density at radius 2 is 0.983 bits per heavy atom. The van der Waals surface area contributed by atoms with Crippen molar-refractivity contribution in [3.05, 3.63) is 229 Å². The van der Waals surface area contributed by atoms with Gasteiger partial charge in [0.1, 0.15) is 0 Å². The van der Waals surface area contributed by atoms with E-state index in [1.54, 1.807) is 6.07 Å². The summed E-state index contributed by atoms with van der Waals surface area (Å²) in [7, 11) is -6.00. The van der Waals surface area contributed by atoms with E-state index in [2.05, 4.69) is 71.6 Å². The summed E-state index contributed by atoms with van der Waals surface area (Å²) < 4.78 is 71.8. The van der Waals surface area contributed by atoms with Gasteiger partial charge in [-0.2, -0.15) is 21.6 Å². The molecule has 4 nitrogen and oxygen atoms in total. The molecule has 0 atom stereocenters. The lowest BCUT2D eigenvalue weighted by Crippen LogP contribution is -2.29. The molecule has 0 heterocycles. The molecule has 8 aromatic rings. The van der Waals surface area contributed by atoms with Crippen LogP contribution in [-0.4, -0.2) is 13.9 Å². The lowest BCUT2D eigenvalue weighted by Gasteiger charge is -2.35. The molecule has 58 heavy (non-hydrogen) atoms. The third-order valence-corrected chi connectivity index (χ3v) is 11.7. The largest absolute Gasteiger partial charge is 0.534 e. The Bertz CT molecular complexity index is 2810. The summed E-state index contributed by atoms with van der Waals surface area (Å²) in [4.78, 5) is 2.19. The maximum Gasteiger partial charge on any atom is 0.534 e. The van der Waals surface area contributed by atoms with Crippen LogP contribution in [0.2, 0.25) is 0 Å². The lowest BCUT2D eigenvalue weighted by molar-refractivity contribution is -0.0499. The number of fused-ring (bicyclic) bond motifs is 3. The molecule has 284 valence electrons. The molecule has 1 aliphatic carbocycles. The Labute approximate surface area is 335 Å². The zero-order chi connectivity index (χ0) is 39.9. The number of halogens is 3. The number of hydrogen-bond acceptors (Lipinski definition) is 4. The van der Waals surface area contributed by atoms with Gasteiger partial charge in [-0.15, -0.1) is 0 Å². The van der Waals surface area contributed by atoms with Gasteiger partial charge >= 0.3 is 15.6 Å². The predicted octanol–water partition coefficient (Wildman–Crippen LogP) is 13.1. The van der Waals surface area contributed by atoms with Crippen LogP contribution in [0.5, 0.6) is 5.75 Å². The number of rotatable bonds is 9. The zero-order valence-corrected chi connectivity index (χ0v) is 31.7. The van der Waals surface area contributed by atoms with Crippen molar-refractivity contribution in [3.63, 3.8) is 0 Å². The van der Waals surface area contributed by atoms with Crippen molar-refractivity contribution in [1.82, 2.24) is 0 Å². The first kappa shape index (κ1) is 36.7. The highest BCUT2D eigenvalue weighted by Crippen LogP contribution is 2.60. The van der Waals surface area contributed by atoms with Crippen LogP contribution in [-0.2, 0) is 15.5 Å². The van der Waals surface area contributed by atoms with Crippen molar-refractivity contribution in [3.8, 4) is 39.1 Å². The van der Waals surface area contributed by atoms with Crippen LogP contribution < -0.4 is 9.08 Å². The quantitative estimate of drug-likeness (QED) is 0.108. The monoisotopic (exact) mass is 785 g/mol. The summed E-state index contributed by atoms with van der Waals surface area (Å²) in [5, 5.41) is 0. The second kappa shape index (κ2) is 14.6. The molecule has 0 spiro atoms. The Morgan fingerprint density at radius 3 is 1.59 bits per heavy atom. The molecule has 0 radical (unpaired) electrons. The van der Waals surface area contributed by atoms with Crippen LogP contribution >= 0.6 is 0 Å². The Morgan fingerprint density at radius 1 is 0.466 bits per heavy atom. The van der Waals surface area contributed by atoms with Crippen LogP contribution in [0.15, 0.2) is 206 Å². The smallest absolute Gasteiger partial charge is 0.375 e. The van der Waals surface area contributed by atoms with E-state index in [1.807, 2.05) is 127 Å². The standard InChI is InChI=1S/C50H34F3NO3S/c51-50(52,53)58(55,56)57-47-27-15-25-44-48(47)43-33-32-41(34-45(43)49(44,38-20-9-3-10-21-38)39-22-11-4-12-23-39)54(40-30-28-36(29-31-40)35-16-5-1-6-17-35)46-26-14-13-24-42(46)37-18-7-2-8-19-37/h1-34H. The molecule has 8 aromatic carbocycles. The number of anilines is 3. The zero-order valence-electron chi connectivity index (χ0n) is 30.8. The second-order valence-corrected chi connectivity index (χ2v) is 15.5. The molecule has 0 aromatic heterocycles. The van der Waals surface area contributed by atoms with Crippen LogP contribution in [0.3, 0.4) is 0 Å². The molecule has 0 saturated carbocycles. The van der Waals surface area contributed by atoms with Crippen molar-refractivity contribution < 1.29 is 25.8 Å². The SMILES string of the molecule is O=S(=O)(Oc1cccc2c1-c1ccc(N(c3ccc(-c4ccccc4)cc3)c3ccccc3-c3ccccc3)cc1C2(c1ccccc1)c1ccccc1)C(F)(F)F. The summed E-state index contributed by atoms with van der Waals surface area (Å²) >= 11 is 0. The lowest BCUT2D eigenvalue weighted by atomic mass is 9.67. The van der Waals surface area contributed by atoms with Crippen molar-refractivity contribution in [2.45, 2.75) is 10.9 Å². The molecule has 8 heteroatoms. The third kappa shape index (κ3) is 6.22. The highest BCUT2D eigenvalue weighted by Gasteiger charge is 2.51. The van der Waals surface area contributed by atoms with Crippen LogP contribution in [0, 0.1) is 0 Å². The highest BCUT2D eigenvalue weighted by atomic mass is 32.2. The predicted molar refractivity (Wildman–Crippen MR) is 225 cm³/mol. The van der Waals surface area contributed by atoms with Gasteiger partial charge in [0, 0.05) is 22.5 Å². The fourth-order valence-electron chi connectivity index (χ4n) is 8.26. The van der Waals surface area contributed by atoms with Crippen molar-refractivity contribution >= 4 is 27.2 Å². The fraction of sp³-hybridized carbons (Fsp3) is 0.0400. The Kier molecular flexibility index (Phi) is 9.21. The second-order valence-electron chi connectivity index (χ2n) is 14.0. The van der Waals surface area contributed by atoms with Gasteiger partial charge in [-0.3, -0.25) is 0 Å². The van der Waals surface area contributed by atoms with Crippen molar-refractivity contribution in [2.75, 3.05) is 4.90 Å². The van der Waals surface area contributed by atoms with Gasteiger partial charge in [0.15, 0.2) is 5.75 Å². The third-order valence-electron chi connectivity index (χ3n) is 10.7. The number of hydrogen-bond donors (Lipinski definition) is 0. The number of alkyl halides is 3. The summed E-state index contributed by atoms with van der Waals surface area (Å²) in [5.74, 6) is -0.402. The first-order chi connectivity index (χ1) is 28.2. The number of benzene rings is 8. The van der Waals surface area contributed by atoms with E-state index < -0.39 is 26.8 Å². The van der Waals surface area contributed by atoms with Gasteiger partial charge in [0.2, 0.25) is 0 Å². The van der Waals surface area contributed by atoms with E-state index in [0.717, 1.165) is 56.0 Å².